The Hall–Kier alpha value is -2.39. The highest BCUT2D eigenvalue weighted by atomic mass is 35.5. The van der Waals surface area contributed by atoms with Gasteiger partial charge in [0.2, 0.25) is 5.91 Å². The van der Waals surface area contributed by atoms with E-state index >= 15 is 0 Å². The number of anilines is 1. The Bertz CT molecular complexity index is 1240. The maximum absolute atomic E-state index is 13.2. The zero-order valence-corrected chi connectivity index (χ0v) is 19.9. The third-order valence-electron chi connectivity index (χ3n) is 5.37. The first-order valence-electron chi connectivity index (χ1n) is 9.98. The molecule has 1 amide bonds. The van der Waals surface area contributed by atoms with E-state index in [1.165, 1.54) is 35.4 Å². The Morgan fingerprint density at radius 1 is 1.16 bits per heavy atom. The second-order valence-corrected chi connectivity index (χ2v) is 9.73. The molecule has 0 saturated carbocycles. The normalized spacial score (nSPS) is 18.2. The van der Waals surface area contributed by atoms with Gasteiger partial charge in [-0.15, -0.1) is 11.3 Å². The predicted molar refractivity (Wildman–Crippen MR) is 132 cm³/mol. The second kappa shape index (κ2) is 9.62. The average molecular weight is 489 g/mol. The molecule has 1 fully saturated rings. The molecule has 2 aromatic carbocycles. The van der Waals surface area contributed by atoms with Crippen LogP contribution in [0, 0.1) is 11.7 Å². The highest BCUT2D eigenvalue weighted by Gasteiger charge is 2.39. The number of nitrogens with zero attached hydrogens (tertiary/aromatic N) is 3. The highest BCUT2D eigenvalue weighted by molar-refractivity contribution is 7.96. The number of aromatic nitrogens is 2. The Kier molecular flexibility index (Phi) is 6.85. The molecule has 5 rings (SSSR count). The van der Waals surface area contributed by atoms with Gasteiger partial charge in [-0.1, -0.05) is 30.5 Å². The van der Waals surface area contributed by atoms with Crippen molar-refractivity contribution in [3.05, 3.63) is 75.8 Å². The van der Waals surface area contributed by atoms with E-state index in [0.717, 1.165) is 37.9 Å². The second-order valence-electron chi connectivity index (χ2n) is 7.51. The van der Waals surface area contributed by atoms with Gasteiger partial charge < -0.3 is 4.90 Å². The minimum Gasteiger partial charge on any atom is -0.304 e. The van der Waals surface area contributed by atoms with Crippen molar-refractivity contribution in [2.24, 2.45) is 11.1 Å². The van der Waals surface area contributed by atoms with Crippen LogP contribution >= 0.6 is 34.9 Å². The molecule has 32 heavy (non-hydrogen) atoms. The molecular formula is C23H22ClFN4OS2. The van der Waals surface area contributed by atoms with E-state index in [9.17, 15) is 9.18 Å². The molecule has 0 unspecified atom stereocenters. The number of halogens is 2. The summed E-state index contributed by atoms with van der Waals surface area (Å²) in [6.45, 7) is 1.97. The van der Waals surface area contributed by atoms with Crippen molar-refractivity contribution in [1.29, 1.82) is 0 Å². The number of hydrogen-bond acceptors (Lipinski definition) is 5. The monoisotopic (exact) mass is 488 g/mol. The topological polar surface area (TPSA) is 64.2 Å². The van der Waals surface area contributed by atoms with Crippen LogP contribution in [0.25, 0.3) is 16.6 Å². The molecule has 2 N–H and O–H groups in total. The number of carbonyl (C=O) groups excluding carboxylic acids is 1. The van der Waals surface area contributed by atoms with E-state index in [-0.39, 0.29) is 23.7 Å². The van der Waals surface area contributed by atoms with Gasteiger partial charge in [0.15, 0.2) is 0 Å². The molecule has 1 aliphatic rings. The fourth-order valence-corrected chi connectivity index (χ4v) is 5.11. The van der Waals surface area contributed by atoms with Crippen LogP contribution in [0.15, 0.2) is 60.8 Å². The van der Waals surface area contributed by atoms with Crippen LogP contribution in [0.1, 0.15) is 24.3 Å². The number of rotatable bonds is 3. The molecule has 3 heterocycles. The molecule has 5 nitrogen and oxygen atoms in total. The fourth-order valence-electron chi connectivity index (χ4n) is 3.95. The van der Waals surface area contributed by atoms with E-state index in [4.69, 9.17) is 16.7 Å². The summed E-state index contributed by atoms with van der Waals surface area (Å²) in [6.07, 6.45) is 4.35. The lowest BCUT2D eigenvalue weighted by Crippen LogP contribution is -2.28. The summed E-state index contributed by atoms with van der Waals surface area (Å²) in [4.78, 5) is 15.9. The molecule has 0 bridgehead atoms. The summed E-state index contributed by atoms with van der Waals surface area (Å²) in [5.41, 5.74) is 2.53. The van der Waals surface area contributed by atoms with Gasteiger partial charge in [0, 0.05) is 21.9 Å². The molecule has 4 aromatic rings. The fraction of sp³-hybridized carbons (Fsp3) is 0.217. The van der Waals surface area contributed by atoms with Gasteiger partial charge in [-0.3, -0.25) is 9.93 Å². The van der Waals surface area contributed by atoms with Crippen molar-refractivity contribution in [2.75, 3.05) is 11.2 Å². The Labute approximate surface area is 199 Å². The van der Waals surface area contributed by atoms with Crippen LogP contribution in [0.5, 0.6) is 0 Å². The minimum atomic E-state index is -0.283. The van der Waals surface area contributed by atoms with Gasteiger partial charge in [-0.05, 0) is 67.3 Å². The first-order valence-corrected chi connectivity index (χ1v) is 12.5. The lowest BCUT2D eigenvalue weighted by atomic mass is 10.1. The van der Waals surface area contributed by atoms with Crippen molar-refractivity contribution in [2.45, 2.75) is 19.4 Å². The maximum Gasteiger partial charge on any atom is 0.230 e. The Balaban J connectivity index is 0.000000775. The van der Waals surface area contributed by atoms with Crippen molar-refractivity contribution >= 4 is 57.4 Å². The molecule has 166 valence electrons. The molecule has 2 atom stereocenters. The number of fused-ring (bicyclic) bond motifs is 1. The van der Waals surface area contributed by atoms with Crippen LogP contribution in [0.3, 0.4) is 0 Å². The molecule has 1 saturated heterocycles. The van der Waals surface area contributed by atoms with Gasteiger partial charge in [0.05, 0.1) is 27.8 Å². The van der Waals surface area contributed by atoms with Crippen LogP contribution in [0.4, 0.5) is 10.1 Å². The number of hydrogen-bond donors (Lipinski definition) is 1. The smallest absolute Gasteiger partial charge is 0.230 e. The third-order valence-corrected chi connectivity index (χ3v) is 6.70. The molecule has 0 spiro atoms. The third kappa shape index (κ3) is 4.41. The van der Waals surface area contributed by atoms with E-state index in [1.54, 1.807) is 23.0 Å². The van der Waals surface area contributed by atoms with Crippen molar-refractivity contribution < 1.29 is 9.18 Å². The average Bonchev–Trinajstić information content (AvgIpc) is 3.47. The lowest BCUT2D eigenvalue weighted by molar-refractivity contribution is -0.120. The van der Waals surface area contributed by atoms with Crippen LogP contribution in [-0.4, -0.2) is 21.9 Å². The van der Waals surface area contributed by atoms with Gasteiger partial charge >= 0.3 is 0 Å². The minimum absolute atomic E-state index is 0.0143. The first-order chi connectivity index (χ1) is 15.4. The number of benzene rings is 2. The first kappa shape index (κ1) is 22.8. The van der Waals surface area contributed by atoms with Gasteiger partial charge in [0.25, 0.3) is 0 Å². The standard InChI is InChI=1S/C22H17ClFN3OS.CH5NS/c1-13-10-19(20-8-9-21(23)29-20)26(22(13)28)17-6-7-18-14(11-17)12-25-27(18)16-4-2-15(24)3-5-16;1-3-2/h2-9,11-13,19H,10H2,1H3;2H2,1H3/t13-,19-;/m0./s1. The van der Waals surface area contributed by atoms with E-state index in [0.29, 0.717) is 0 Å². The van der Waals surface area contributed by atoms with Crippen LogP contribution in [-0.2, 0) is 4.79 Å². The summed E-state index contributed by atoms with van der Waals surface area (Å²) >= 11 is 8.90. The van der Waals surface area contributed by atoms with E-state index in [1.807, 2.05) is 48.4 Å². The zero-order valence-electron chi connectivity index (χ0n) is 17.5. The lowest BCUT2D eigenvalue weighted by Gasteiger charge is -2.24. The molecular weight excluding hydrogens is 467 g/mol. The number of nitrogens with two attached hydrogens (primary N) is 1. The van der Waals surface area contributed by atoms with Crippen molar-refractivity contribution in [3.63, 3.8) is 0 Å². The largest absolute Gasteiger partial charge is 0.304 e. The van der Waals surface area contributed by atoms with Crippen molar-refractivity contribution in [1.82, 2.24) is 9.78 Å². The SMILES string of the molecule is CSN.C[C@H]1C[C@@H](c2ccc(Cl)s2)N(c2ccc3c(cnn3-c3ccc(F)cc3)c2)C1=O. The molecule has 1 aliphatic heterocycles. The quantitative estimate of drug-likeness (QED) is 0.348. The summed E-state index contributed by atoms with van der Waals surface area (Å²) < 4.78 is 15.7. The summed E-state index contributed by atoms with van der Waals surface area (Å²) in [7, 11) is 0. The Morgan fingerprint density at radius 3 is 2.50 bits per heavy atom. The summed E-state index contributed by atoms with van der Waals surface area (Å²) in [5, 5.41) is 10.1. The Morgan fingerprint density at radius 2 is 1.84 bits per heavy atom. The predicted octanol–water partition coefficient (Wildman–Crippen LogP) is 6.22. The molecule has 0 radical (unpaired) electrons. The zero-order chi connectivity index (χ0) is 22.8. The molecule has 9 heteroatoms. The van der Waals surface area contributed by atoms with E-state index < -0.39 is 0 Å². The molecule has 0 aliphatic carbocycles. The van der Waals surface area contributed by atoms with E-state index in [2.05, 4.69) is 5.10 Å². The summed E-state index contributed by atoms with van der Waals surface area (Å²) in [5.74, 6) is -0.211. The van der Waals surface area contributed by atoms with Crippen LogP contribution < -0.4 is 10.0 Å². The maximum atomic E-state index is 13.2. The van der Waals surface area contributed by atoms with Gasteiger partial charge in [-0.25, -0.2) is 9.07 Å². The van der Waals surface area contributed by atoms with Crippen molar-refractivity contribution in [3.8, 4) is 5.69 Å². The van der Waals surface area contributed by atoms with Gasteiger partial charge in [-0.2, -0.15) is 5.10 Å². The summed E-state index contributed by atoms with van der Waals surface area (Å²) in [6, 6.07) is 16.0. The van der Waals surface area contributed by atoms with Gasteiger partial charge in [0.1, 0.15) is 5.82 Å². The van der Waals surface area contributed by atoms with Crippen LogP contribution in [0.2, 0.25) is 4.34 Å². The number of carbonyl (C=O) groups is 1. The number of thiophene rings is 1. The number of amides is 1. The highest BCUT2D eigenvalue weighted by Crippen LogP contribution is 2.43. The molecule has 2 aromatic heterocycles.